The molecular weight excluding hydrogens is 398 g/mol. The molecule has 7 nitrogen and oxygen atoms in total. The summed E-state index contributed by atoms with van der Waals surface area (Å²) in [4.78, 5) is 27.7. The number of carbonyl (C=O) groups is 1. The zero-order valence-corrected chi connectivity index (χ0v) is 16.2. The second-order valence-electron chi connectivity index (χ2n) is 6.10. The molecule has 1 atom stereocenters. The molecular formula is C19H13N3O4S2. The minimum atomic E-state index is -0.636. The second kappa shape index (κ2) is 7.17. The van der Waals surface area contributed by atoms with Crippen molar-refractivity contribution in [1.29, 1.82) is 5.41 Å². The van der Waals surface area contributed by atoms with Crippen LogP contribution in [0.15, 0.2) is 51.2 Å². The summed E-state index contributed by atoms with van der Waals surface area (Å²) in [5.74, 6) is 0.245. The van der Waals surface area contributed by atoms with Crippen molar-refractivity contribution in [2.24, 2.45) is 0 Å². The van der Waals surface area contributed by atoms with Gasteiger partial charge >= 0.3 is 0 Å². The predicted octanol–water partition coefficient (Wildman–Crippen LogP) is 5.04. The third kappa shape index (κ3) is 3.30. The number of allylic oxidation sites excluding steroid dienone is 1. The van der Waals surface area contributed by atoms with Crippen LogP contribution in [0.2, 0.25) is 0 Å². The fourth-order valence-corrected chi connectivity index (χ4v) is 4.72. The van der Waals surface area contributed by atoms with Crippen LogP contribution in [0.1, 0.15) is 22.2 Å². The van der Waals surface area contributed by atoms with Gasteiger partial charge in [0.2, 0.25) is 0 Å². The summed E-state index contributed by atoms with van der Waals surface area (Å²) in [7, 11) is 0. The first-order chi connectivity index (χ1) is 13.4. The first kappa shape index (κ1) is 18.3. The average molecular weight is 411 g/mol. The SMILES string of the molecule is Cc1cc([N+](=O)[O-])ccc1-c1ccc(/C=C2\SC(=N)[C@H](c3nccs3)C2=O)o1. The number of non-ortho nitro benzene ring substituents is 1. The lowest BCUT2D eigenvalue weighted by Crippen LogP contribution is -2.11. The fourth-order valence-electron chi connectivity index (χ4n) is 2.93. The number of thiazole rings is 1. The van der Waals surface area contributed by atoms with Crippen molar-refractivity contribution in [1.82, 2.24) is 4.98 Å². The van der Waals surface area contributed by atoms with E-state index in [2.05, 4.69) is 4.98 Å². The predicted molar refractivity (Wildman–Crippen MR) is 109 cm³/mol. The summed E-state index contributed by atoms with van der Waals surface area (Å²) in [6.45, 7) is 1.78. The number of ketones is 1. The number of furan rings is 1. The molecule has 1 aromatic carbocycles. The smallest absolute Gasteiger partial charge is 0.269 e. The highest BCUT2D eigenvalue weighted by Crippen LogP contribution is 2.41. The Morgan fingerprint density at radius 3 is 2.82 bits per heavy atom. The molecule has 0 radical (unpaired) electrons. The van der Waals surface area contributed by atoms with Gasteiger partial charge in [-0.3, -0.25) is 20.3 Å². The van der Waals surface area contributed by atoms with E-state index in [0.717, 1.165) is 22.9 Å². The van der Waals surface area contributed by atoms with Crippen LogP contribution in [-0.4, -0.2) is 20.7 Å². The number of hydrogen-bond acceptors (Lipinski definition) is 8. The van der Waals surface area contributed by atoms with Gasteiger partial charge in [-0.25, -0.2) is 4.98 Å². The van der Waals surface area contributed by atoms with Crippen molar-refractivity contribution in [2.75, 3.05) is 0 Å². The lowest BCUT2D eigenvalue weighted by Gasteiger charge is -2.02. The molecule has 1 N–H and O–H groups in total. The van der Waals surface area contributed by atoms with Crippen LogP contribution >= 0.6 is 23.1 Å². The summed E-state index contributed by atoms with van der Waals surface area (Å²) in [5, 5.41) is 21.7. The maximum Gasteiger partial charge on any atom is 0.269 e. The van der Waals surface area contributed by atoms with Crippen LogP contribution in [0.5, 0.6) is 0 Å². The zero-order chi connectivity index (χ0) is 19.8. The van der Waals surface area contributed by atoms with E-state index in [0.29, 0.717) is 21.4 Å². The van der Waals surface area contributed by atoms with Gasteiger partial charge in [0.15, 0.2) is 5.78 Å². The van der Waals surface area contributed by atoms with Gasteiger partial charge in [0.1, 0.15) is 22.4 Å². The normalized spacial score (nSPS) is 18.2. The third-order valence-corrected chi connectivity index (χ3v) is 6.11. The Morgan fingerprint density at radius 1 is 1.32 bits per heavy atom. The molecule has 0 spiro atoms. The quantitative estimate of drug-likeness (QED) is 0.366. The molecule has 1 saturated heterocycles. The number of thioether (sulfide) groups is 1. The topological polar surface area (TPSA) is 110 Å². The summed E-state index contributed by atoms with van der Waals surface area (Å²) in [6.07, 6.45) is 3.25. The van der Waals surface area contributed by atoms with E-state index in [1.54, 1.807) is 42.8 Å². The van der Waals surface area contributed by atoms with Crippen LogP contribution < -0.4 is 0 Å². The first-order valence-electron chi connectivity index (χ1n) is 8.21. The molecule has 9 heteroatoms. The largest absolute Gasteiger partial charge is 0.457 e. The Bertz CT molecular complexity index is 1130. The van der Waals surface area contributed by atoms with Crippen molar-refractivity contribution in [3.63, 3.8) is 0 Å². The minimum absolute atomic E-state index is 0.0230. The number of nitro groups is 1. The van der Waals surface area contributed by atoms with Crippen LogP contribution in [-0.2, 0) is 4.79 Å². The molecule has 140 valence electrons. The number of hydrogen-bond donors (Lipinski definition) is 1. The van der Waals surface area contributed by atoms with E-state index >= 15 is 0 Å². The molecule has 0 aliphatic carbocycles. The van der Waals surface area contributed by atoms with Crippen molar-refractivity contribution in [2.45, 2.75) is 12.8 Å². The first-order valence-corrected chi connectivity index (χ1v) is 9.90. The van der Waals surface area contributed by atoms with Crippen LogP contribution in [0.3, 0.4) is 0 Å². The maximum atomic E-state index is 12.7. The van der Waals surface area contributed by atoms with Gasteiger partial charge in [0.05, 0.1) is 14.9 Å². The van der Waals surface area contributed by atoms with Crippen LogP contribution in [0, 0.1) is 22.4 Å². The summed E-state index contributed by atoms with van der Waals surface area (Å²) in [6, 6.07) is 8.06. The highest BCUT2D eigenvalue weighted by atomic mass is 32.2. The number of nitrogens with zero attached hydrogens (tertiary/aromatic N) is 2. The third-order valence-electron chi connectivity index (χ3n) is 4.27. The Morgan fingerprint density at radius 2 is 2.14 bits per heavy atom. The monoisotopic (exact) mass is 411 g/mol. The molecule has 0 amide bonds. The molecule has 0 saturated carbocycles. The number of nitro benzene ring substituents is 1. The molecule has 1 aliphatic rings. The van der Waals surface area contributed by atoms with Crippen LogP contribution in [0.25, 0.3) is 17.4 Å². The van der Waals surface area contributed by atoms with Gasteiger partial charge < -0.3 is 4.42 Å². The van der Waals surface area contributed by atoms with Gasteiger partial charge in [0, 0.05) is 29.3 Å². The Balaban J connectivity index is 1.61. The standard InChI is InChI=1S/C19H13N3O4S2/c1-10-8-11(22(24)25)2-4-13(10)14-5-3-12(26-14)9-15-17(23)16(18(20)28-15)19-21-6-7-27-19/h2-9,16,20H,1H3/b15-9-,20-18?/t16-/m1/s1. The number of Topliss-reactive ketones (excluding diaryl/α,β-unsaturated/α-hetero) is 1. The molecule has 1 fully saturated rings. The molecule has 3 aromatic rings. The number of benzene rings is 1. The summed E-state index contributed by atoms with van der Waals surface area (Å²) < 4.78 is 5.83. The number of carbonyl (C=O) groups excluding carboxylic acids is 1. The molecule has 28 heavy (non-hydrogen) atoms. The summed E-state index contributed by atoms with van der Waals surface area (Å²) in [5.41, 5.74) is 1.49. The van der Waals surface area contributed by atoms with E-state index < -0.39 is 10.8 Å². The highest BCUT2D eigenvalue weighted by Gasteiger charge is 2.38. The highest BCUT2D eigenvalue weighted by molar-refractivity contribution is 8.19. The average Bonchev–Trinajstić information content (AvgIpc) is 3.37. The number of aromatic nitrogens is 1. The lowest BCUT2D eigenvalue weighted by atomic mass is 10.1. The molecule has 0 bridgehead atoms. The number of rotatable bonds is 4. The molecule has 1 aliphatic heterocycles. The minimum Gasteiger partial charge on any atom is -0.457 e. The Hall–Kier alpha value is -3.04. The zero-order valence-electron chi connectivity index (χ0n) is 14.5. The van der Waals surface area contributed by atoms with Gasteiger partial charge in [0.25, 0.3) is 5.69 Å². The maximum absolute atomic E-state index is 12.7. The van der Waals surface area contributed by atoms with Crippen molar-refractivity contribution in [3.05, 3.63) is 73.3 Å². The molecule has 2 aromatic heterocycles. The van der Waals surface area contributed by atoms with Gasteiger partial charge in [-0.2, -0.15) is 0 Å². The summed E-state index contributed by atoms with van der Waals surface area (Å²) >= 11 is 2.47. The van der Waals surface area contributed by atoms with Crippen molar-refractivity contribution >= 4 is 45.7 Å². The van der Waals surface area contributed by atoms with Crippen molar-refractivity contribution < 1.29 is 14.1 Å². The molecule has 4 rings (SSSR count). The van der Waals surface area contributed by atoms with E-state index in [4.69, 9.17) is 9.83 Å². The van der Waals surface area contributed by atoms with Gasteiger partial charge in [-0.05, 0) is 36.8 Å². The Labute approximate surface area is 167 Å². The lowest BCUT2D eigenvalue weighted by molar-refractivity contribution is -0.384. The van der Waals surface area contributed by atoms with Crippen LogP contribution in [0.4, 0.5) is 5.69 Å². The van der Waals surface area contributed by atoms with Gasteiger partial charge in [-0.1, -0.05) is 11.8 Å². The van der Waals surface area contributed by atoms with E-state index in [1.807, 2.05) is 0 Å². The molecule has 0 unspecified atom stereocenters. The fraction of sp³-hybridized carbons (Fsp3) is 0.105. The number of aryl methyl sites for hydroxylation is 1. The van der Waals surface area contributed by atoms with E-state index in [-0.39, 0.29) is 16.5 Å². The van der Waals surface area contributed by atoms with Gasteiger partial charge in [-0.15, -0.1) is 11.3 Å². The number of nitrogens with one attached hydrogen (secondary N) is 1. The van der Waals surface area contributed by atoms with E-state index in [9.17, 15) is 14.9 Å². The second-order valence-corrected chi connectivity index (χ2v) is 8.11. The molecule has 3 heterocycles. The van der Waals surface area contributed by atoms with E-state index in [1.165, 1.54) is 23.5 Å². The van der Waals surface area contributed by atoms with Crippen molar-refractivity contribution in [3.8, 4) is 11.3 Å². The Kier molecular flexibility index (Phi) is 4.70.